The first-order valence-electron chi connectivity index (χ1n) is 6.69. The number of aliphatic carboxylic acids is 1. The van der Waals surface area contributed by atoms with Gasteiger partial charge in [0.1, 0.15) is 6.54 Å². The lowest BCUT2D eigenvalue weighted by molar-refractivity contribution is -0.144. The zero-order valence-electron chi connectivity index (χ0n) is 12.5. The van der Waals surface area contributed by atoms with Crippen molar-refractivity contribution in [3.8, 4) is 0 Å². The molecule has 0 fully saturated rings. The summed E-state index contributed by atoms with van der Waals surface area (Å²) < 4.78 is 4.81. The lowest BCUT2D eigenvalue weighted by Gasteiger charge is -2.26. The van der Waals surface area contributed by atoms with Gasteiger partial charge in [-0.3, -0.25) is 9.59 Å². The van der Waals surface area contributed by atoms with Gasteiger partial charge in [0.25, 0.3) is 0 Å². The summed E-state index contributed by atoms with van der Waals surface area (Å²) in [7, 11) is 0. The van der Waals surface area contributed by atoms with Gasteiger partial charge < -0.3 is 20.1 Å². The van der Waals surface area contributed by atoms with Crippen LogP contribution in [0.2, 0.25) is 0 Å². The first-order valence-corrected chi connectivity index (χ1v) is 6.69. The fourth-order valence-corrected chi connectivity index (χ4v) is 1.57. The number of nitrogens with one attached hydrogen (secondary N) is 1. The van der Waals surface area contributed by atoms with E-state index in [1.165, 1.54) is 4.90 Å². The summed E-state index contributed by atoms with van der Waals surface area (Å²) in [5.74, 6) is -1.54. The first kappa shape index (κ1) is 18.2. The van der Waals surface area contributed by atoms with E-state index in [4.69, 9.17) is 9.84 Å². The number of esters is 1. The summed E-state index contributed by atoms with van der Waals surface area (Å²) in [4.78, 5) is 35.3. The third kappa shape index (κ3) is 7.60. The molecule has 2 N–H and O–H groups in total. The quantitative estimate of drug-likeness (QED) is 0.652. The van der Waals surface area contributed by atoms with Gasteiger partial charge in [0.05, 0.1) is 6.61 Å². The molecule has 7 nitrogen and oxygen atoms in total. The van der Waals surface area contributed by atoms with Crippen molar-refractivity contribution in [3.05, 3.63) is 0 Å². The van der Waals surface area contributed by atoms with Crippen LogP contribution >= 0.6 is 0 Å². The smallest absolute Gasteiger partial charge is 0.325 e. The van der Waals surface area contributed by atoms with Crippen molar-refractivity contribution in [2.45, 2.75) is 40.2 Å². The Morgan fingerprint density at radius 2 is 1.85 bits per heavy atom. The molecular weight excluding hydrogens is 264 g/mol. The van der Waals surface area contributed by atoms with Gasteiger partial charge in [-0.25, -0.2) is 4.79 Å². The van der Waals surface area contributed by atoms with E-state index in [-0.39, 0.29) is 38.1 Å². The van der Waals surface area contributed by atoms with Gasteiger partial charge in [0.2, 0.25) is 0 Å². The van der Waals surface area contributed by atoms with E-state index < -0.39 is 18.0 Å². The van der Waals surface area contributed by atoms with E-state index >= 15 is 0 Å². The Labute approximate surface area is 119 Å². The van der Waals surface area contributed by atoms with E-state index in [2.05, 4.69) is 5.32 Å². The number of carbonyl (C=O) groups excluding carboxylic acids is 2. The predicted molar refractivity (Wildman–Crippen MR) is 73.3 cm³/mol. The van der Waals surface area contributed by atoms with Gasteiger partial charge in [0.15, 0.2) is 0 Å². The van der Waals surface area contributed by atoms with Gasteiger partial charge in [-0.1, -0.05) is 6.92 Å². The number of rotatable bonds is 8. The Kier molecular flexibility index (Phi) is 8.35. The van der Waals surface area contributed by atoms with E-state index in [1.54, 1.807) is 27.7 Å². The Balaban J connectivity index is 4.36. The van der Waals surface area contributed by atoms with Crippen LogP contribution in [0.15, 0.2) is 0 Å². The molecule has 0 aliphatic carbocycles. The van der Waals surface area contributed by atoms with Gasteiger partial charge in [-0.05, 0) is 26.7 Å². The predicted octanol–water partition coefficient (Wildman–Crippen LogP) is 1.08. The van der Waals surface area contributed by atoms with E-state index in [1.807, 2.05) is 0 Å². The fraction of sp³-hybridized carbons (Fsp3) is 0.769. The zero-order chi connectivity index (χ0) is 15.7. The second-order valence-corrected chi connectivity index (χ2v) is 4.92. The molecule has 116 valence electrons. The summed E-state index contributed by atoms with van der Waals surface area (Å²) in [5, 5.41) is 11.3. The molecule has 0 aromatic carbocycles. The van der Waals surface area contributed by atoms with E-state index in [0.717, 1.165) is 0 Å². The van der Waals surface area contributed by atoms with Gasteiger partial charge >= 0.3 is 18.0 Å². The van der Waals surface area contributed by atoms with Crippen LogP contribution < -0.4 is 5.32 Å². The molecule has 0 aromatic rings. The molecule has 0 rings (SSSR count). The highest BCUT2D eigenvalue weighted by Crippen LogP contribution is 2.03. The van der Waals surface area contributed by atoms with Crippen molar-refractivity contribution in [3.63, 3.8) is 0 Å². The number of carbonyl (C=O) groups is 3. The van der Waals surface area contributed by atoms with Crippen LogP contribution in [0.5, 0.6) is 0 Å². The van der Waals surface area contributed by atoms with Crippen LogP contribution in [-0.4, -0.2) is 53.7 Å². The van der Waals surface area contributed by atoms with Crippen molar-refractivity contribution in [1.82, 2.24) is 10.2 Å². The first-order chi connectivity index (χ1) is 9.27. The number of ether oxygens (including phenoxy) is 1. The maximum Gasteiger partial charge on any atom is 0.325 e. The van der Waals surface area contributed by atoms with Crippen molar-refractivity contribution < 1.29 is 24.2 Å². The number of urea groups is 1. The molecule has 0 radical (unpaired) electrons. The lowest BCUT2D eigenvalue weighted by Crippen LogP contribution is -2.47. The van der Waals surface area contributed by atoms with Crippen molar-refractivity contribution in [2.24, 2.45) is 5.92 Å². The fourth-order valence-electron chi connectivity index (χ4n) is 1.57. The third-order valence-electron chi connectivity index (χ3n) is 2.61. The minimum absolute atomic E-state index is 0.0141. The van der Waals surface area contributed by atoms with Crippen LogP contribution in [0.25, 0.3) is 0 Å². The molecule has 0 saturated heterocycles. The number of amides is 2. The Morgan fingerprint density at radius 3 is 2.30 bits per heavy atom. The van der Waals surface area contributed by atoms with Gasteiger partial charge in [0, 0.05) is 19.0 Å². The largest absolute Gasteiger partial charge is 0.481 e. The molecule has 0 heterocycles. The average Bonchev–Trinajstić information content (AvgIpc) is 2.32. The lowest BCUT2D eigenvalue weighted by atomic mass is 10.1. The minimum Gasteiger partial charge on any atom is -0.481 e. The highest BCUT2D eigenvalue weighted by atomic mass is 16.5. The summed E-state index contributed by atoms with van der Waals surface area (Å²) in [6, 6.07) is -0.556. The Hall–Kier alpha value is -1.79. The molecule has 0 aliphatic heterocycles. The standard InChI is InChI=1S/C13H24N2O5/c1-5-20-12(18)8-15(9(2)3)13(19)14-7-10(4)6-11(16)17/h9-10H,5-8H2,1-4H3,(H,14,19)(H,16,17). The molecule has 1 unspecified atom stereocenters. The van der Waals surface area contributed by atoms with E-state index in [9.17, 15) is 14.4 Å². The molecule has 2 amide bonds. The minimum atomic E-state index is -0.904. The normalized spacial score (nSPS) is 11.8. The topological polar surface area (TPSA) is 95.9 Å². The molecule has 20 heavy (non-hydrogen) atoms. The van der Waals surface area contributed by atoms with Gasteiger partial charge in [-0.15, -0.1) is 0 Å². The molecular formula is C13H24N2O5. The maximum absolute atomic E-state index is 12.0. The Morgan fingerprint density at radius 1 is 1.25 bits per heavy atom. The second kappa shape index (κ2) is 9.17. The molecule has 1 atom stereocenters. The number of nitrogens with zero attached hydrogens (tertiary/aromatic N) is 1. The molecule has 0 saturated carbocycles. The van der Waals surface area contributed by atoms with Crippen LogP contribution in [0, 0.1) is 5.92 Å². The molecule has 7 heteroatoms. The molecule has 0 aliphatic rings. The SMILES string of the molecule is CCOC(=O)CN(C(=O)NCC(C)CC(=O)O)C(C)C. The van der Waals surface area contributed by atoms with Crippen molar-refractivity contribution >= 4 is 18.0 Å². The summed E-state index contributed by atoms with van der Waals surface area (Å²) >= 11 is 0. The average molecular weight is 288 g/mol. The van der Waals surface area contributed by atoms with Crippen LogP contribution in [0.1, 0.15) is 34.1 Å². The monoisotopic (exact) mass is 288 g/mol. The van der Waals surface area contributed by atoms with Crippen molar-refractivity contribution in [2.75, 3.05) is 19.7 Å². The van der Waals surface area contributed by atoms with Crippen molar-refractivity contribution in [1.29, 1.82) is 0 Å². The number of hydrogen-bond acceptors (Lipinski definition) is 4. The van der Waals surface area contributed by atoms with Gasteiger partial charge in [-0.2, -0.15) is 0 Å². The second-order valence-electron chi connectivity index (χ2n) is 4.92. The number of hydrogen-bond donors (Lipinski definition) is 2. The van der Waals surface area contributed by atoms with Crippen LogP contribution in [0.3, 0.4) is 0 Å². The number of carboxylic acids is 1. The van der Waals surface area contributed by atoms with Crippen LogP contribution in [0.4, 0.5) is 4.79 Å². The maximum atomic E-state index is 12.0. The van der Waals surface area contributed by atoms with Crippen LogP contribution in [-0.2, 0) is 14.3 Å². The number of carboxylic acid groups (broad SMARTS) is 1. The van der Waals surface area contributed by atoms with E-state index in [0.29, 0.717) is 0 Å². The molecule has 0 aromatic heterocycles. The third-order valence-corrected chi connectivity index (χ3v) is 2.61. The summed E-state index contributed by atoms with van der Waals surface area (Å²) in [5.41, 5.74) is 0. The summed E-state index contributed by atoms with van der Waals surface area (Å²) in [6.07, 6.45) is -0.0141. The highest BCUT2D eigenvalue weighted by molar-refractivity contribution is 5.81. The highest BCUT2D eigenvalue weighted by Gasteiger charge is 2.21. The Bertz CT molecular complexity index is 344. The summed E-state index contributed by atoms with van der Waals surface area (Å²) in [6.45, 7) is 7.41. The zero-order valence-corrected chi connectivity index (χ0v) is 12.5. The molecule has 0 spiro atoms. The molecule has 0 bridgehead atoms.